The third kappa shape index (κ3) is 3.95. The zero-order valence-corrected chi connectivity index (χ0v) is 14.0. The van der Waals surface area contributed by atoms with E-state index in [1.807, 2.05) is 33.8 Å². The summed E-state index contributed by atoms with van der Waals surface area (Å²) in [6, 6.07) is 2.20. The van der Waals surface area contributed by atoms with Gasteiger partial charge < -0.3 is 11.1 Å². The monoisotopic (exact) mass is 308 g/mol. The van der Waals surface area contributed by atoms with Gasteiger partial charge in [0.05, 0.1) is 5.54 Å². The molecule has 2 rings (SSSR count). The molecule has 2 unspecified atom stereocenters. The minimum atomic E-state index is -0.579. The number of nitrogens with zero attached hydrogens (tertiary/aromatic N) is 2. The zero-order chi connectivity index (χ0) is 15.6. The van der Waals surface area contributed by atoms with Crippen molar-refractivity contribution < 1.29 is 4.79 Å². The van der Waals surface area contributed by atoms with Gasteiger partial charge in [-0.25, -0.2) is 9.97 Å². The number of hydrogen-bond donors (Lipinski definition) is 2. The molecule has 21 heavy (non-hydrogen) atoms. The third-order valence-electron chi connectivity index (χ3n) is 3.74. The summed E-state index contributed by atoms with van der Waals surface area (Å²) >= 11 is 1.66. The van der Waals surface area contributed by atoms with Crippen LogP contribution >= 0.6 is 11.8 Å². The Morgan fingerprint density at radius 3 is 2.57 bits per heavy atom. The summed E-state index contributed by atoms with van der Waals surface area (Å²) in [4.78, 5) is 20.8. The molecule has 1 aromatic heterocycles. The Morgan fingerprint density at radius 2 is 2.05 bits per heavy atom. The molecule has 6 heteroatoms. The van der Waals surface area contributed by atoms with Crippen molar-refractivity contribution in [1.29, 1.82) is 0 Å². The van der Waals surface area contributed by atoms with Gasteiger partial charge in [0, 0.05) is 22.7 Å². The van der Waals surface area contributed by atoms with Gasteiger partial charge >= 0.3 is 0 Å². The summed E-state index contributed by atoms with van der Waals surface area (Å²) in [6.07, 6.45) is 2.47. The van der Waals surface area contributed by atoms with Crippen LogP contribution in [0.4, 0.5) is 0 Å². The fraction of sp³-hybridized carbons (Fsp3) is 0.667. The van der Waals surface area contributed by atoms with Crippen molar-refractivity contribution in [3.05, 3.63) is 17.5 Å². The van der Waals surface area contributed by atoms with Crippen molar-refractivity contribution in [3.63, 3.8) is 0 Å². The highest BCUT2D eigenvalue weighted by Crippen LogP contribution is 2.39. The lowest BCUT2D eigenvalue weighted by atomic mass is 9.96. The van der Waals surface area contributed by atoms with E-state index in [0.717, 1.165) is 35.8 Å². The van der Waals surface area contributed by atoms with Gasteiger partial charge in [0.2, 0.25) is 5.91 Å². The second-order valence-corrected chi connectivity index (χ2v) is 7.43. The molecule has 1 aromatic rings. The van der Waals surface area contributed by atoms with Gasteiger partial charge in [0.25, 0.3) is 0 Å². The second-order valence-electron chi connectivity index (χ2n) is 6.16. The summed E-state index contributed by atoms with van der Waals surface area (Å²) in [5.74, 6) is -0.249. The van der Waals surface area contributed by atoms with Crippen molar-refractivity contribution in [3.8, 4) is 0 Å². The number of nitrogens with two attached hydrogens (primary N) is 1. The van der Waals surface area contributed by atoms with Crippen LogP contribution in [0.3, 0.4) is 0 Å². The maximum Gasteiger partial charge on any atom is 0.237 e. The highest BCUT2D eigenvalue weighted by atomic mass is 32.2. The molecular formula is C15H24N4OS. The van der Waals surface area contributed by atoms with Crippen LogP contribution in [0, 0.1) is 13.8 Å². The SMILES string of the molecule is Cc1cc(C)nc(SC2CCC(NC(C)C)(C(N)=O)C2)n1. The van der Waals surface area contributed by atoms with Crippen LogP contribution in [0.15, 0.2) is 11.2 Å². The van der Waals surface area contributed by atoms with E-state index in [-0.39, 0.29) is 11.9 Å². The van der Waals surface area contributed by atoms with E-state index in [1.54, 1.807) is 11.8 Å². The first-order chi connectivity index (χ1) is 9.80. The molecule has 5 nitrogen and oxygen atoms in total. The van der Waals surface area contributed by atoms with Crippen LogP contribution in [-0.4, -0.2) is 32.7 Å². The van der Waals surface area contributed by atoms with Crippen molar-refractivity contribution in [2.75, 3.05) is 0 Å². The molecule has 0 aliphatic heterocycles. The summed E-state index contributed by atoms with van der Waals surface area (Å²) in [6.45, 7) is 8.03. The fourth-order valence-electron chi connectivity index (χ4n) is 2.97. The molecule has 1 fully saturated rings. The Balaban J connectivity index is 2.08. The topological polar surface area (TPSA) is 80.9 Å². The summed E-state index contributed by atoms with van der Waals surface area (Å²) in [7, 11) is 0. The number of hydrogen-bond acceptors (Lipinski definition) is 5. The van der Waals surface area contributed by atoms with Crippen molar-refractivity contribution >= 4 is 17.7 Å². The molecule has 1 amide bonds. The van der Waals surface area contributed by atoms with E-state index in [1.165, 1.54) is 0 Å². The normalized spacial score (nSPS) is 25.5. The van der Waals surface area contributed by atoms with Gasteiger partial charge in [-0.1, -0.05) is 11.8 Å². The lowest BCUT2D eigenvalue weighted by molar-refractivity contribution is -0.124. The first-order valence-electron chi connectivity index (χ1n) is 7.37. The lowest BCUT2D eigenvalue weighted by Gasteiger charge is -2.29. The summed E-state index contributed by atoms with van der Waals surface area (Å²) < 4.78 is 0. The maximum atomic E-state index is 11.9. The predicted octanol–water partition coefficient (Wildman–Crippen LogP) is 1.96. The molecule has 1 heterocycles. The van der Waals surface area contributed by atoms with E-state index < -0.39 is 5.54 Å². The minimum Gasteiger partial charge on any atom is -0.368 e. The molecule has 0 radical (unpaired) electrons. The number of amides is 1. The van der Waals surface area contributed by atoms with Crippen LogP contribution in [0.1, 0.15) is 44.5 Å². The van der Waals surface area contributed by atoms with Crippen LogP contribution in [-0.2, 0) is 4.79 Å². The van der Waals surface area contributed by atoms with E-state index in [9.17, 15) is 4.79 Å². The Morgan fingerprint density at radius 1 is 1.43 bits per heavy atom. The number of carbonyl (C=O) groups is 1. The molecule has 116 valence electrons. The first kappa shape index (κ1) is 16.2. The number of carbonyl (C=O) groups excluding carboxylic acids is 1. The van der Waals surface area contributed by atoms with E-state index in [2.05, 4.69) is 15.3 Å². The van der Waals surface area contributed by atoms with Crippen LogP contribution < -0.4 is 11.1 Å². The number of aryl methyl sites for hydroxylation is 2. The molecular weight excluding hydrogens is 284 g/mol. The van der Waals surface area contributed by atoms with Crippen LogP contribution in [0.25, 0.3) is 0 Å². The zero-order valence-electron chi connectivity index (χ0n) is 13.1. The molecule has 1 saturated carbocycles. The van der Waals surface area contributed by atoms with Gasteiger partial charge in [0.15, 0.2) is 5.16 Å². The fourth-order valence-corrected chi connectivity index (χ4v) is 4.27. The van der Waals surface area contributed by atoms with E-state index >= 15 is 0 Å². The Labute approximate surface area is 130 Å². The molecule has 0 bridgehead atoms. The molecule has 3 N–H and O–H groups in total. The number of nitrogens with one attached hydrogen (secondary N) is 1. The molecule has 0 aromatic carbocycles. The highest BCUT2D eigenvalue weighted by Gasteiger charge is 2.44. The number of primary amides is 1. The lowest BCUT2D eigenvalue weighted by Crippen LogP contribution is -2.56. The van der Waals surface area contributed by atoms with Crippen molar-refractivity contribution in [2.24, 2.45) is 5.73 Å². The Hall–Kier alpha value is -1.14. The quantitative estimate of drug-likeness (QED) is 0.813. The third-order valence-corrected chi connectivity index (χ3v) is 4.87. The minimum absolute atomic E-state index is 0.235. The maximum absolute atomic E-state index is 11.9. The average Bonchev–Trinajstić information content (AvgIpc) is 2.71. The van der Waals surface area contributed by atoms with Crippen LogP contribution in [0.5, 0.6) is 0 Å². The smallest absolute Gasteiger partial charge is 0.237 e. The number of aromatic nitrogens is 2. The van der Waals surface area contributed by atoms with Gasteiger partial charge in [-0.05, 0) is 53.0 Å². The van der Waals surface area contributed by atoms with E-state index in [0.29, 0.717) is 5.25 Å². The van der Waals surface area contributed by atoms with Crippen molar-refractivity contribution in [1.82, 2.24) is 15.3 Å². The van der Waals surface area contributed by atoms with Crippen LogP contribution in [0.2, 0.25) is 0 Å². The van der Waals surface area contributed by atoms with Gasteiger partial charge in [-0.15, -0.1) is 0 Å². The average molecular weight is 308 g/mol. The first-order valence-corrected chi connectivity index (χ1v) is 8.25. The summed E-state index contributed by atoms with van der Waals surface area (Å²) in [5, 5.41) is 4.48. The largest absolute Gasteiger partial charge is 0.368 e. The van der Waals surface area contributed by atoms with E-state index in [4.69, 9.17) is 5.73 Å². The molecule has 0 spiro atoms. The second kappa shape index (κ2) is 6.32. The number of thioether (sulfide) groups is 1. The van der Waals surface area contributed by atoms with Crippen molar-refractivity contribution in [2.45, 2.75) is 68.9 Å². The summed E-state index contributed by atoms with van der Waals surface area (Å²) in [5.41, 5.74) is 7.02. The van der Waals surface area contributed by atoms with Gasteiger partial charge in [-0.2, -0.15) is 0 Å². The number of rotatable bonds is 5. The predicted molar refractivity (Wildman–Crippen MR) is 85.2 cm³/mol. The Bertz CT molecular complexity index is 514. The standard InChI is InChI=1S/C15H24N4OS/c1-9(2)19-15(13(16)20)6-5-12(8-15)21-14-17-10(3)7-11(4)18-14/h7,9,12,19H,5-6,8H2,1-4H3,(H2,16,20). The molecule has 1 aliphatic carbocycles. The van der Waals surface area contributed by atoms with Gasteiger partial charge in [0.1, 0.15) is 0 Å². The highest BCUT2D eigenvalue weighted by molar-refractivity contribution is 7.99. The molecule has 0 saturated heterocycles. The Kier molecular flexibility index (Phi) is 4.88. The molecule has 1 aliphatic rings. The van der Waals surface area contributed by atoms with Gasteiger partial charge in [-0.3, -0.25) is 4.79 Å². The molecule has 2 atom stereocenters.